The molecule has 2 aromatic rings. The Morgan fingerprint density at radius 2 is 1.73 bits per heavy atom. The number of carbonyl (C=O) groups is 1. The standard InChI is InChI=1S/C22H27NO3/c1-25-20-14-8-13-19(21(20)26-2)22(24)23(18-11-6-7-12-18)16-15-17-9-4-3-5-10-17/h3-5,8-10,13-14,18H,6-7,11-12,15-16H2,1-2H3. The molecule has 3 rings (SSSR count). The third kappa shape index (κ3) is 4.01. The van der Waals surface area contributed by atoms with Crippen molar-refractivity contribution in [3.05, 3.63) is 59.7 Å². The zero-order valence-electron chi connectivity index (χ0n) is 15.6. The number of rotatable bonds is 7. The van der Waals surface area contributed by atoms with E-state index < -0.39 is 0 Å². The van der Waals surface area contributed by atoms with E-state index in [1.807, 2.05) is 41.3 Å². The summed E-state index contributed by atoms with van der Waals surface area (Å²) in [5.41, 5.74) is 1.83. The Kier molecular flexibility index (Phi) is 6.16. The van der Waals surface area contributed by atoms with Crippen LogP contribution in [0.3, 0.4) is 0 Å². The molecule has 0 unspecified atom stereocenters. The minimum atomic E-state index is 0.0311. The molecule has 0 saturated heterocycles. The van der Waals surface area contributed by atoms with E-state index in [-0.39, 0.29) is 5.91 Å². The van der Waals surface area contributed by atoms with E-state index >= 15 is 0 Å². The summed E-state index contributed by atoms with van der Waals surface area (Å²) in [4.78, 5) is 15.4. The summed E-state index contributed by atoms with van der Waals surface area (Å²) in [7, 11) is 3.18. The maximum atomic E-state index is 13.4. The molecule has 26 heavy (non-hydrogen) atoms. The number of amides is 1. The highest BCUT2D eigenvalue weighted by Crippen LogP contribution is 2.33. The van der Waals surface area contributed by atoms with Gasteiger partial charge in [0.1, 0.15) is 0 Å². The first-order valence-corrected chi connectivity index (χ1v) is 9.30. The van der Waals surface area contributed by atoms with Gasteiger partial charge in [0.2, 0.25) is 0 Å². The van der Waals surface area contributed by atoms with Crippen LogP contribution in [0.25, 0.3) is 0 Å². The predicted octanol–water partition coefficient (Wildman–Crippen LogP) is 4.33. The molecular formula is C22H27NO3. The number of nitrogens with zero attached hydrogens (tertiary/aromatic N) is 1. The van der Waals surface area contributed by atoms with E-state index in [1.165, 1.54) is 18.4 Å². The fraction of sp³-hybridized carbons (Fsp3) is 0.409. The second kappa shape index (κ2) is 8.75. The molecule has 1 amide bonds. The smallest absolute Gasteiger partial charge is 0.258 e. The quantitative estimate of drug-likeness (QED) is 0.744. The fourth-order valence-electron chi connectivity index (χ4n) is 3.77. The molecule has 4 heteroatoms. The van der Waals surface area contributed by atoms with E-state index in [9.17, 15) is 4.79 Å². The molecule has 1 saturated carbocycles. The molecule has 4 nitrogen and oxygen atoms in total. The van der Waals surface area contributed by atoms with E-state index in [2.05, 4.69) is 12.1 Å². The van der Waals surface area contributed by atoms with Crippen LogP contribution in [0.5, 0.6) is 11.5 Å². The van der Waals surface area contributed by atoms with Crippen LogP contribution in [0, 0.1) is 0 Å². The number of ether oxygens (including phenoxy) is 2. The van der Waals surface area contributed by atoms with Crippen LogP contribution in [-0.4, -0.2) is 37.6 Å². The van der Waals surface area contributed by atoms with Crippen LogP contribution in [0.15, 0.2) is 48.5 Å². The van der Waals surface area contributed by atoms with Crippen LogP contribution < -0.4 is 9.47 Å². The molecule has 0 radical (unpaired) electrons. The molecule has 2 aromatic carbocycles. The number of hydrogen-bond donors (Lipinski definition) is 0. The Morgan fingerprint density at radius 3 is 2.38 bits per heavy atom. The summed E-state index contributed by atoms with van der Waals surface area (Å²) in [6.07, 6.45) is 5.39. The van der Waals surface area contributed by atoms with Crippen molar-refractivity contribution < 1.29 is 14.3 Å². The number of carbonyl (C=O) groups excluding carboxylic acids is 1. The first-order valence-electron chi connectivity index (χ1n) is 9.30. The van der Waals surface area contributed by atoms with Crippen LogP contribution >= 0.6 is 0 Å². The molecule has 0 aliphatic heterocycles. The van der Waals surface area contributed by atoms with E-state index in [4.69, 9.17) is 9.47 Å². The van der Waals surface area contributed by atoms with Crippen molar-refractivity contribution in [3.63, 3.8) is 0 Å². The monoisotopic (exact) mass is 353 g/mol. The van der Waals surface area contributed by atoms with Gasteiger partial charge in [-0.2, -0.15) is 0 Å². The second-order valence-electron chi connectivity index (χ2n) is 6.71. The lowest BCUT2D eigenvalue weighted by molar-refractivity contribution is 0.0680. The summed E-state index contributed by atoms with van der Waals surface area (Å²) >= 11 is 0. The summed E-state index contributed by atoms with van der Waals surface area (Å²) in [5, 5.41) is 0. The largest absolute Gasteiger partial charge is 0.493 e. The van der Waals surface area contributed by atoms with Crippen LogP contribution in [-0.2, 0) is 6.42 Å². The van der Waals surface area contributed by atoms with Crippen LogP contribution in [0.4, 0.5) is 0 Å². The zero-order valence-corrected chi connectivity index (χ0v) is 15.6. The molecule has 0 aromatic heterocycles. The Bertz CT molecular complexity index is 723. The van der Waals surface area contributed by atoms with E-state index in [0.717, 1.165) is 19.3 Å². The molecule has 1 aliphatic carbocycles. The van der Waals surface area contributed by atoms with E-state index in [1.54, 1.807) is 14.2 Å². The van der Waals surface area contributed by atoms with E-state index in [0.29, 0.717) is 29.6 Å². The van der Waals surface area contributed by atoms with Gasteiger partial charge >= 0.3 is 0 Å². The molecule has 0 N–H and O–H groups in total. The summed E-state index contributed by atoms with van der Waals surface area (Å²) < 4.78 is 10.9. The fourth-order valence-corrected chi connectivity index (χ4v) is 3.77. The van der Waals surface area contributed by atoms with Gasteiger partial charge in [0.05, 0.1) is 19.8 Å². The minimum absolute atomic E-state index is 0.0311. The number of hydrogen-bond acceptors (Lipinski definition) is 3. The second-order valence-corrected chi connectivity index (χ2v) is 6.71. The van der Waals surface area contributed by atoms with Crippen molar-refractivity contribution in [1.29, 1.82) is 0 Å². The average molecular weight is 353 g/mol. The average Bonchev–Trinajstić information content (AvgIpc) is 3.22. The highest BCUT2D eigenvalue weighted by molar-refractivity contribution is 5.98. The Morgan fingerprint density at radius 1 is 1.00 bits per heavy atom. The van der Waals surface area contributed by atoms with Gasteiger partial charge < -0.3 is 14.4 Å². The first-order chi connectivity index (χ1) is 12.7. The lowest BCUT2D eigenvalue weighted by Crippen LogP contribution is -2.40. The molecular weight excluding hydrogens is 326 g/mol. The normalized spacial score (nSPS) is 14.2. The van der Waals surface area contributed by atoms with Crippen LogP contribution in [0.1, 0.15) is 41.6 Å². The lowest BCUT2D eigenvalue weighted by atomic mass is 10.1. The van der Waals surface area contributed by atoms with Gasteiger partial charge in [-0.3, -0.25) is 4.79 Å². The summed E-state index contributed by atoms with van der Waals surface area (Å²) in [6.45, 7) is 0.716. The van der Waals surface area contributed by atoms with Gasteiger partial charge in [-0.1, -0.05) is 49.2 Å². The molecule has 0 heterocycles. The Balaban J connectivity index is 1.85. The number of benzene rings is 2. The van der Waals surface area contributed by atoms with Crippen molar-refractivity contribution in [2.75, 3.05) is 20.8 Å². The van der Waals surface area contributed by atoms with Crippen LogP contribution in [0.2, 0.25) is 0 Å². The maximum absolute atomic E-state index is 13.4. The summed E-state index contributed by atoms with van der Waals surface area (Å²) in [5.74, 6) is 1.14. The zero-order chi connectivity index (χ0) is 18.4. The highest BCUT2D eigenvalue weighted by atomic mass is 16.5. The number of para-hydroxylation sites is 1. The van der Waals surface area contributed by atoms with Crippen molar-refractivity contribution >= 4 is 5.91 Å². The Labute approximate surface area is 155 Å². The van der Waals surface area contributed by atoms with Gasteiger partial charge in [0, 0.05) is 12.6 Å². The van der Waals surface area contributed by atoms with Crippen molar-refractivity contribution in [2.45, 2.75) is 38.1 Å². The first kappa shape index (κ1) is 18.3. The van der Waals surface area contributed by atoms with Crippen molar-refractivity contribution in [3.8, 4) is 11.5 Å². The van der Waals surface area contributed by atoms with Crippen molar-refractivity contribution in [1.82, 2.24) is 4.90 Å². The summed E-state index contributed by atoms with van der Waals surface area (Å²) in [6, 6.07) is 16.1. The number of methoxy groups -OCH3 is 2. The molecule has 0 spiro atoms. The third-order valence-corrected chi connectivity index (χ3v) is 5.14. The maximum Gasteiger partial charge on any atom is 0.258 e. The van der Waals surface area contributed by atoms with Crippen molar-refractivity contribution in [2.24, 2.45) is 0 Å². The molecule has 0 atom stereocenters. The lowest BCUT2D eigenvalue weighted by Gasteiger charge is -2.30. The van der Waals surface area contributed by atoms with Gasteiger partial charge in [0.15, 0.2) is 11.5 Å². The van der Waals surface area contributed by atoms with Gasteiger partial charge in [0.25, 0.3) is 5.91 Å². The molecule has 138 valence electrons. The molecule has 0 bridgehead atoms. The highest BCUT2D eigenvalue weighted by Gasteiger charge is 2.29. The van der Waals surface area contributed by atoms with Gasteiger partial charge in [-0.25, -0.2) is 0 Å². The van der Waals surface area contributed by atoms with Gasteiger partial charge in [-0.05, 0) is 37.0 Å². The molecule has 1 fully saturated rings. The SMILES string of the molecule is COc1cccc(C(=O)N(CCc2ccccc2)C2CCCC2)c1OC. The third-order valence-electron chi connectivity index (χ3n) is 5.14. The molecule has 1 aliphatic rings. The topological polar surface area (TPSA) is 38.8 Å². The predicted molar refractivity (Wildman–Crippen MR) is 103 cm³/mol. The Hall–Kier alpha value is -2.49. The van der Waals surface area contributed by atoms with Gasteiger partial charge in [-0.15, -0.1) is 0 Å². The minimum Gasteiger partial charge on any atom is -0.493 e.